The third kappa shape index (κ3) is 2.32. The Hall–Kier alpha value is -3.06. The van der Waals surface area contributed by atoms with Crippen LogP contribution in [-0.4, -0.2) is 46.7 Å². The average Bonchev–Trinajstić information content (AvgIpc) is 3.47. The van der Waals surface area contributed by atoms with Crippen LogP contribution in [0.1, 0.15) is 24.0 Å². The normalized spacial score (nSPS) is 31.3. The second-order valence-corrected chi connectivity index (χ2v) is 8.88. The molecule has 7 heteroatoms. The van der Waals surface area contributed by atoms with Gasteiger partial charge in [0.15, 0.2) is 0 Å². The Morgan fingerprint density at radius 2 is 1.87 bits per heavy atom. The lowest BCUT2D eigenvalue weighted by molar-refractivity contribution is -0.145. The van der Waals surface area contributed by atoms with E-state index in [-0.39, 0.29) is 30.3 Å². The van der Waals surface area contributed by atoms with Crippen molar-refractivity contribution in [3.05, 3.63) is 65.5 Å². The van der Waals surface area contributed by atoms with E-state index in [4.69, 9.17) is 0 Å². The number of rotatable bonds is 3. The number of amides is 3. The van der Waals surface area contributed by atoms with Crippen molar-refractivity contribution in [3.8, 4) is 0 Å². The van der Waals surface area contributed by atoms with Crippen LogP contribution in [0.25, 0.3) is 0 Å². The molecule has 6 rings (SSSR count). The highest BCUT2D eigenvalue weighted by Crippen LogP contribution is 2.60. The first-order chi connectivity index (χ1) is 15.0. The fourth-order valence-corrected chi connectivity index (χ4v) is 6.34. The highest BCUT2D eigenvalue weighted by atomic mass is 19.1. The summed E-state index contributed by atoms with van der Waals surface area (Å²) in [6.45, 7) is 0.903. The van der Waals surface area contributed by atoms with Crippen molar-refractivity contribution in [2.45, 2.75) is 30.8 Å². The van der Waals surface area contributed by atoms with Crippen LogP contribution >= 0.6 is 0 Å². The summed E-state index contributed by atoms with van der Waals surface area (Å²) in [5, 5.41) is 2.86. The molecule has 31 heavy (non-hydrogen) atoms. The van der Waals surface area contributed by atoms with Crippen LogP contribution in [0.15, 0.2) is 48.5 Å². The van der Waals surface area contributed by atoms with Crippen LogP contribution in [0.4, 0.5) is 10.1 Å². The van der Waals surface area contributed by atoms with Gasteiger partial charge in [-0.05, 0) is 49.6 Å². The van der Waals surface area contributed by atoms with E-state index in [0.29, 0.717) is 24.2 Å². The van der Waals surface area contributed by atoms with E-state index in [0.717, 1.165) is 18.4 Å². The molecule has 0 radical (unpaired) electrons. The monoisotopic (exact) mass is 419 g/mol. The number of nitrogens with one attached hydrogen (secondary N) is 1. The number of nitrogens with zero attached hydrogens (tertiary/aromatic N) is 2. The van der Waals surface area contributed by atoms with Crippen LogP contribution < -0.4 is 5.32 Å². The maximum atomic E-state index is 14.3. The summed E-state index contributed by atoms with van der Waals surface area (Å²) < 4.78 is 14.3. The Balaban J connectivity index is 1.43. The van der Waals surface area contributed by atoms with Gasteiger partial charge in [-0.1, -0.05) is 30.3 Å². The molecule has 0 bridgehead atoms. The van der Waals surface area contributed by atoms with Gasteiger partial charge in [0.2, 0.25) is 17.7 Å². The first-order valence-electron chi connectivity index (χ1n) is 10.8. The molecule has 4 aliphatic rings. The smallest absolute Gasteiger partial charge is 0.250 e. The van der Waals surface area contributed by atoms with Gasteiger partial charge in [0.05, 0.1) is 11.8 Å². The molecule has 4 aliphatic heterocycles. The topological polar surface area (TPSA) is 69.7 Å². The van der Waals surface area contributed by atoms with Gasteiger partial charge in [0.1, 0.15) is 11.4 Å². The maximum Gasteiger partial charge on any atom is 0.250 e. The number of likely N-dealkylation sites (tertiary alicyclic amines) is 1. The number of carbonyl (C=O) groups is 3. The highest BCUT2D eigenvalue weighted by Gasteiger charge is 2.74. The lowest BCUT2D eigenvalue weighted by Crippen LogP contribution is -2.54. The molecule has 3 amide bonds. The van der Waals surface area contributed by atoms with Crippen molar-refractivity contribution in [3.63, 3.8) is 0 Å². The van der Waals surface area contributed by atoms with Gasteiger partial charge in [-0.2, -0.15) is 0 Å². The van der Waals surface area contributed by atoms with Crippen LogP contribution in [0.3, 0.4) is 0 Å². The predicted molar refractivity (Wildman–Crippen MR) is 110 cm³/mol. The zero-order valence-electron chi connectivity index (χ0n) is 16.9. The number of hydrogen-bond donors (Lipinski definition) is 1. The number of fused-ring (bicyclic) bond motifs is 7. The summed E-state index contributed by atoms with van der Waals surface area (Å²) in [4.78, 5) is 43.9. The number of imide groups is 1. The van der Waals surface area contributed by atoms with Gasteiger partial charge in [-0.15, -0.1) is 0 Å². The average molecular weight is 419 g/mol. The molecule has 3 fully saturated rings. The Labute approximate surface area is 179 Å². The van der Waals surface area contributed by atoms with E-state index < -0.39 is 23.2 Å². The minimum Gasteiger partial charge on any atom is -0.324 e. The summed E-state index contributed by atoms with van der Waals surface area (Å²) in [5.41, 5.74) is 0.754. The zero-order valence-corrected chi connectivity index (χ0v) is 16.9. The third-order valence-electron chi connectivity index (χ3n) is 7.51. The van der Waals surface area contributed by atoms with Gasteiger partial charge < -0.3 is 5.32 Å². The van der Waals surface area contributed by atoms with Crippen LogP contribution in [0, 0.1) is 17.7 Å². The first kappa shape index (κ1) is 18.7. The molecule has 0 unspecified atom stereocenters. The Bertz CT molecular complexity index is 1120. The van der Waals surface area contributed by atoms with E-state index in [1.165, 1.54) is 17.0 Å². The fraction of sp³-hybridized carbons (Fsp3) is 0.375. The molecule has 0 aliphatic carbocycles. The molecule has 6 nitrogen and oxygen atoms in total. The minimum absolute atomic E-state index is 0.178. The lowest BCUT2D eigenvalue weighted by atomic mass is 9.75. The van der Waals surface area contributed by atoms with Gasteiger partial charge in [-0.25, -0.2) is 4.39 Å². The molecule has 2 aromatic rings. The largest absolute Gasteiger partial charge is 0.324 e. The molecule has 0 aromatic heterocycles. The standard InChI is InChI=1S/C24H22FN3O3/c25-15-8-9-17-16(13-15)24(23(31)26-17)20-19(18-7-4-11-28(18)24)21(29)27(22(20)30)12-10-14-5-2-1-3-6-14/h1-3,5-6,8-9,13,18-20H,4,7,10-12H2,(H,26,31)/t18-,19+,20+,24+/m0/s1. The zero-order chi connectivity index (χ0) is 21.3. The third-order valence-corrected chi connectivity index (χ3v) is 7.51. The van der Waals surface area contributed by atoms with E-state index in [9.17, 15) is 18.8 Å². The second-order valence-electron chi connectivity index (χ2n) is 8.88. The summed E-state index contributed by atoms with van der Waals surface area (Å²) in [7, 11) is 0. The summed E-state index contributed by atoms with van der Waals surface area (Å²) >= 11 is 0. The fourth-order valence-electron chi connectivity index (χ4n) is 6.34. The predicted octanol–water partition coefficient (Wildman–Crippen LogP) is 2.29. The van der Waals surface area contributed by atoms with Gasteiger partial charge in [0, 0.05) is 23.8 Å². The van der Waals surface area contributed by atoms with Gasteiger partial charge in [-0.3, -0.25) is 24.2 Å². The van der Waals surface area contributed by atoms with E-state index >= 15 is 0 Å². The molecule has 0 saturated carbocycles. The van der Waals surface area contributed by atoms with Crippen molar-refractivity contribution >= 4 is 23.4 Å². The van der Waals surface area contributed by atoms with Crippen molar-refractivity contribution in [2.75, 3.05) is 18.4 Å². The molecule has 158 valence electrons. The molecule has 2 aromatic carbocycles. The van der Waals surface area contributed by atoms with Gasteiger partial charge in [0.25, 0.3) is 0 Å². The molecule has 4 atom stereocenters. The molecule has 3 saturated heterocycles. The first-order valence-corrected chi connectivity index (χ1v) is 10.8. The Morgan fingerprint density at radius 1 is 1.06 bits per heavy atom. The van der Waals surface area contributed by atoms with Crippen molar-refractivity contribution in [1.29, 1.82) is 0 Å². The number of anilines is 1. The molecular formula is C24H22FN3O3. The number of benzene rings is 2. The van der Waals surface area contributed by atoms with Crippen LogP contribution in [-0.2, 0) is 26.3 Å². The quantitative estimate of drug-likeness (QED) is 0.776. The van der Waals surface area contributed by atoms with Crippen molar-refractivity contribution < 1.29 is 18.8 Å². The van der Waals surface area contributed by atoms with Gasteiger partial charge >= 0.3 is 0 Å². The molecule has 1 spiro atoms. The number of hydrogen-bond acceptors (Lipinski definition) is 4. The summed E-state index contributed by atoms with van der Waals surface area (Å²) in [6, 6.07) is 13.7. The van der Waals surface area contributed by atoms with Crippen LogP contribution in [0.5, 0.6) is 0 Å². The van der Waals surface area contributed by atoms with E-state index in [1.54, 1.807) is 6.07 Å². The Kier molecular flexibility index (Phi) is 3.90. The molecular weight excluding hydrogens is 397 g/mol. The minimum atomic E-state index is -1.31. The lowest BCUT2D eigenvalue weighted by Gasteiger charge is -2.36. The maximum absolute atomic E-state index is 14.3. The summed E-state index contributed by atoms with van der Waals surface area (Å²) in [5.74, 6) is -2.66. The highest BCUT2D eigenvalue weighted by molar-refractivity contribution is 6.15. The molecule has 4 heterocycles. The second kappa shape index (κ2) is 6.47. The van der Waals surface area contributed by atoms with Crippen LogP contribution in [0.2, 0.25) is 0 Å². The number of halogens is 1. The summed E-state index contributed by atoms with van der Waals surface area (Å²) in [6.07, 6.45) is 2.17. The van der Waals surface area contributed by atoms with Crippen molar-refractivity contribution in [2.24, 2.45) is 11.8 Å². The number of carbonyl (C=O) groups excluding carboxylic acids is 3. The van der Waals surface area contributed by atoms with E-state index in [2.05, 4.69) is 5.32 Å². The Morgan fingerprint density at radius 3 is 2.68 bits per heavy atom. The van der Waals surface area contributed by atoms with Crippen molar-refractivity contribution in [1.82, 2.24) is 9.80 Å². The SMILES string of the molecule is O=C1[C@@H]2[C@@H]3CCCN3[C@@]3(C(=O)Nc4ccc(F)cc43)[C@H]2C(=O)N1CCc1ccccc1. The molecule has 1 N–H and O–H groups in total. The van der Waals surface area contributed by atoms with E-state index in [1.807, 2.05) is 35.2 Å².